The first kappa shape index (κ1) is 14.9. The van der Waals surface area contributed by atoms with Gasteiger partial charge in [-0.25, -0.2) is 9.07 Å². The van der Waals surface area contributed by atoms with Crippen LogP contribution in [0.4, 0.5) is 4.39 Å². The molecule has 1 aromatic carbocycles. The molecule has 0 fully saturated rings. The summed E-state index contributed by atoms with van der Waals surface area (Å²) in [6.07, 6.45) is 4.73. The number of aromatic nitrogens is 5. The van der Waals surface area contributed by atoms with Gasteiger partial charge in [0.1, 0.15) is 18.1 Å². The van der Waals surface area contributed by atoms with Crippen molar-refractivity contribution in [2.75, 3.05) is 7.11 Å². The zero-order valence-electron chi connectivity index (χ0n) is 12.6. The third kappa shape index (κ3) is 3.42. The Bertz CT molecular complexity index is 804. The highest BCUT2D eigenvalue weighted by Crippen LogP contribution is 2.14. The molecule has 0 saturated carbocycles. The van der Waals surface area contributed by atoms with Crippen molar-refractivity contribution in [2.45, 2.75) is 13.5 Å². The van der Waals surface area contributed by atoms with E-state index in [1.807, 2.05) is 0 Å². The summed E-state index contributed by atoms with van der Waals surface area (Å²) >= 11 is 0. The van der Waals surface area contributed by atoms with E-state index in [9.17, 15) is 4.39 Å². The standard InChI is InChI=1S/C15H14FN5O2/c1-10-5-12(3-4-14(10)16)21-8-11(19-20-21)9-23-15-17-6-13(22-2)7-18-15/h3-8H,9H2,1-2H3. The largest absolute Gasteiger partial charge is 0.494 e. The van der Waals surface area contributed by atoms with Gasteiger partial charge in [0, 0.05) is 0 Å². The average molecular weight is 315 g/mol. The molecule has 3 rings (SSSR count). The van der Waals surface area contributed by atoms with E-state index in [0.29, 0.717) is 17.0 Å². The predicted molar refractivity (Wildman–Crippen MR) is 79.0 cm³/mol. The molecule has 7 nitrogen and oxygen atoms in total. The summed E-state index contributed by atoms with van der Waals surface area (Å²) in [7, 11) is 1.54. The van der Waals surface area contributed by atoms with Gasteiger partial charge in [-0.05, 0) is 30.7 Å². The van der Waals surface area contributed by atoms with Crippen molar-refractivity contribution < 1.29 is 13.9 Å². The summed E-state index contributed by atoms with van der Waals surface area (Å²) in [5, 5.41) is 8.01. The molecule has 0 saturated heterocycles. The molecule has 8 heteroatoms. The van der Waals surface area contributed by atoms with E-state index in [4.69, 9.17) is 9.47 Å². The minimum absolute atomic E-state index is 0.173. The number of rotatable bonds is 5. The smallest absolute Gasteiger partial charge is 0.316 e. The highest BCUT2D eigenvalue weighted by atomic mass is 19.1. The number of halogens is 1. The number of nitrogens with zero attached hydrogens (tertiary/aromatic N) is 5. The van der Waals surface area contributed by atoms with Crippen molar-refractivity contribution in [3.8, 4) is 17.4 Å². The predicted octanol–water partition coefficient (Wildman–Crippen LogP) is 2.09. The lowest BCUT2D eigenvalue weighted by molar-refractivity contribution is 0.274. The first-order chi connectivity index (χ1) is 11.2. The Kier molecular flexibility index (Phi) is 4.13. The van der Waals surface area contributed by atoms with Gasteiger partial charge in [-0.2, -0.15) is 9.97 Å². The van der Waals surface area contributed by atoms with Gasteiger partial charge in [-0.1, -0.05) is 5.21 Å². The molecule has 0 amide bonds. The van der Waals surface area contributed by atoms with Gasteiger partial charge in [0.25, 0.3) is 0 Å². The van der Waals surface area contributed by atoms with Crippen LogP contribution in [0.1, 0.15) is 11.3 Å². The number of hydrogen-bond donors (Lipinski definition) is 0. The molecule has 118 valence electrons. The Morgan fingerprint density at radius 2 is 2.00 bits per heavy atom. The number of ether oxygens (including phenoxy) is 2. The Balaban J connectivity index is 1.67. The molecule has 0 aliphatic carbocycles. The van der Waals surface area contributed by atoms with Crippen LogP contribution in [0, 0.1) is 12.7 Å². The molecule has 0 N–H and O–H groups in total. The summed E-state index contributed by atoms with van der Waals surface area (Å²) in [6, 6.07) is 4.95. The number of hydrogen-bond acceptors (Lipinski definition) is 6. The average Bonchev–Trinajstić information content (AvgIpc) is 3.05. The maximum absolute atomic E-state index is 13.3. The molecule has 3 aromatic rings. The van der Waals surface area contributed by atoms with Crippen molar-refractivity contribution in [3.05, 3.63) is 53.9 Å². The number of benzene rings is 1. The van der Waals surface area contributed by atoms with Crippen molar-refractivity contribution in [3.63, 3.8) is 0 Å². The fraction of sp³-hybridized carbons (Fsp3) is 0.200. The van der Waals surface area contributed by atoms with E-state index >= 15 is 0 Å². The molecule has 2 heterocycles. The van der Waals surface area contributed by atoms with Crippen LogP contribution in [0.25, 0.3) is 5.69 Å². The Morgan fingerprint density at radius 3 is 2.70 bits per heavy atom. The summed E-state index contributed by atoms with van der Waals surface area (Å²) < 4.78 is 25.2. The van der Waals surface area contributed by atoms with Crippen molar-refractivity contribution in [1.82, 2.24) is 25.0 Å². The van der Waals surface area contributed by atoms with Gasteiger partial charge in [0.05, 0.1) is 31.4 Å². The summed E-state index contributed by atoms with van der Waals surface area (Å²) in [4.78, 5) is 7.99. The van der Waals surface area contributed by atoms with Crippen LogP contribution in [0.3, 0.4) is 0 Å². The Hall–Kier alpha value is -3.03. The van der Waals surface area contributed by atoms with Crippen LogP contribution >= 0.6 is 0 Å². The molecule has 0 spiro atoms. The molecule has 0 aliphatic heterocycles. The topological polar surface area (TPSA) is 75.0 Å². The summed E-state index contributed by atoms with van der Waals surface area (Å²) in [5.41, 5.74) is 1.87. The van der Waals surface area contributed by atoms with E-state index in [-0.39, 0.29) is 18.4 Å². The number of methoxy groups -OCH3 is 1. The molecule has 0 atom stereocenters. The van der Waals surface area contributed by atoms with E-state index in [1.165, 1.54) is 25.6 Å². The second-order valence-corrected chi connectivity index (χ2v) is 4.78. The second kappa shape index (κ2) is 6.39. The molecule has 0 aliphatic rings. The quantitative estimate of drug-likeness (QED) is 0.718. The third-order valence-corrected chi connectivity index (χ3v) is 3.14. The van der Waals surface area contributed by atoms with Gasteiger partial charge >= 0.3 is 6.01 Å². The van der Waals surface area contributed by atoms with Crippen molar-refractivity contribution in [2.24, 2.45) is 0 Å². The molecule has 0 radical (unpaired) electrons. The third-order valence-electron chi connectivity index (χ3n) is 3.14. The maximum Gasteiger partial charge on any atom is 0.316 e. The van der Waals surface area contributed by atoms with Crippen LogP contribution in [-0.2, 0) is 6.61 Å². The van der Waals surface area contributed by atoms with Crippen LogP contribution in [-0.4, -0.2) is 32.1 Å². The van der Waals surface area contributed by atoms with Crippen molar-refractivity contribution >= 4 is 0 Å². The van der Waals surface area contributed by atoms with Crippen LogP contribution in [0.2, 0.25) is 0 Å². The van der Waals surface area contributed by atoms with Crippen molar-refractivity contribution in [1.29, 1.82) is 0 Å². The minimum atomic E-state index is -0.255. The number of aryl methyl sites for hydroxylation is 1. The SMILES string of the molecule is COc1cnc(OCc2cn(-c3ccc(F)c(C)c3)nn2)nc1. The molecule has 2 aromatic heterocycles. The molecule has 0 unspecified atom stereocenters. The van der Waals surface area contributed by atoms with E-state index in [1.54, 1.807) is 29.9 Å². The van der Waals surface area contributed by atoms with Gasteiger partial charge in [0.15, 0.2) is 5.75 Å². The highest BCUT2D eigenvalue weighted by molar-refractivity contribution is 5.35. The molecular formula is C15H14FN5O2. The van der Waals surface area contributed by atoms with Gasteiger partial charge in [-0.15, -0.1) is 5.10 Å². The normalized spacial score (nSPS) is 10.6. The minimum Gasteiger partial charge on any atom is -0.494 e. The molecule has 23 heavy (non-hydrogen) atoms. The van der Waals surface area contributed by atoms with E-state index in [2.05, 4.69) is 20.3 Å². The van der Waals surface area contributed by atoms with Gasteiger partial charge < -0.3 is 9.47 Å². The lowest BCUT2D eigenvalue weighted by Crippen LogP contribution is -2.00. The van der Waals surface area contributed by atoms with Crippen LogP contribution in [0.5, 0.6) is 11.8 Å². The lowest BCUT2D eigenvalue weighted by Gasteiger charge is -2.03. The van der Waals surface area contributed by atoms with Gasteiger partial charge in [0.2, 0.25) is 0 Å². The maximum atomic E-state index is 13.3. The first-order valence-corrected chi connectivity index (χ1v) is 6.82. The fourth-order valence-corrected chi connectivity index (χ4v) is 1.88. The molecular weight excluding hydrogens is 301 g/mol. The van der Waals surface area contributed by atoms with Crippen LogP contribution in [0.15, 0.2) is 36.8 Å². The zero-order chi connectivity index (χ0) is 16.2. The fourth-order valence-electron chi connectivity index (χ4n) is 1.88. The highest BCUT2D eigenvalue weighted by Gasteiger charge is 2.07. The zero-order valence-corrected chi connectivity index (χ0v) is 12.6. The monoisotopic (exact) mass is 315 g/mol. The summed E-state index contributed by atoms with van der Waals surface area (Å²) in [5.74, 6) is 0.295. The van der Waals surface area contributed by atoms with E-state index in [0.717, 1.165) is 5.69 Å². The van der Waals surface area contributed by atoms with Crippen LogP contribution < -0.4 is 9.47 Å². The first-order valence-electron chi connectivity index (χ1n) is 6.82. The van der Waals surface area contributed by atoms with E-state index < -0.39 is 0 Å². The Labute approximate surface area is 131 Å². The molecule has 0 bridgehead atoms. The summed E-state index contributed by atoms with van der Waals surface area (Å²) in [6.45, 7) is 1.87. The Morgan fingerprint density at radius 1 is 1.22 bits per heavy atom. The van der Waals surface area contributed by atoms with Gasteiger partial charge in [-0.3, -0.25) is 0 Å². The lowest BCUT2D eigenvalue weighted by atomic mass is 10.2. The second-order valence-electron chi connectivity index (χ2n) is 4.78.